The van der Waals surface area contributed by atoms with Gasteiger partial charge in [-0.15, -0.1) is 5.10 Å². The Hall–Kier alpha value is -1.57. The first-order valence-corrected chi connectivity index (χ1v) is 4.98. The molecular formula is C10H9N6NaO. The molecule has 0 atom stereocenters. The van der Waals surface area contributed by atoms with Crippen molar-refractivity contribution in [3.63, 3.8) is 0 Å². The van der Waals surface area contributed by atoms with Crippen molar-refractivity contribution in [3.05, 3.63) is 40.4 Å². The topological polar surface area (TPSA) is 88.8 Å². The summed E-state index contributed by atoms with van der Waals surface area (Å²) in [5.74, 6) is 0.318. The summed E-state index contributed by atoms with van der Waals surface area (Å²) in [6.07, 6.45) is 3.15. The van der Waals surface area contributed by atoms with Crippen molar-refractivity contribution in [1.29, 1.82) is 0 Å². The van der Waals surface area contributed by atoms with Crippen LogP contribution in [0.5, 0.6) is 0 Å². The molecule has 3 rings (SSSR count). The normalized spacial score (nSPS) is 10.3. The van der Waals surface area contributed by atoms with Gasteiger partial charge in [0, 0.05) is 12.4 Å². The van der Waals surface area contributed by atoms with E-state index in [1.165, 1.54) is 10.6 Å². The number of hydrogen-bond donors (Lipinski definition) is 1. The van der Waals surface area contributed by atoms with Gasteiger partial charge in [-0.25, -0.2) is 10.1 Å². The summed E-state index contributed by atoms with van der Waals surface area (Å²) in [7, 11) is 0. The van der Waals surface area contributed by atoms with E-state index in [1.807, 2.05) is 13.0 Å². The monoisotopic (exact) mass is 252 g/mol. The number of fused-ring (bicyclic) bond motifs is 1. The maximum atomic E-state index is 12.2. The average molecular weight is 252 g/mol. The maximum absolute atomic E-state index is 12.2. The first kappa shape index (κ1) is 12.9. The quantitative estimate of drug-likeness (QED) is 0.592. The van der Waals surface area contributed by atoms with Crippen LogP contribution in [0.25, 0.3) is 17.0 Å². The molecule has 0 radical (unpaired) electrons. The zero-order chi connectivity index (χ0) is 11.8. The van der Waals surface area contributed by atoms with Crippen molar-refractivity contribution in [2.75, 3.05) is 0 Å². The Morgan fingerprint density at radius 2 is 2.22 bits per heavy atom. The fourth-order valence-corrected chi connectivity index (χ4v) is 1.68. The second-order valence-corrected chi connectivity index (χ2v) is 3.61. The van der Waals surface area contributed by atoms with Gasteiger partial charge in [-0.1, -0.05) is 6.07 Å². The number of pyridine rings is 1. The Labute approximate surface area is 124 Å². The zero-order valence-corrected chi connectivity index (χ0v) is 8.95. The fraction of sp³-hybridized carbons (Fsp3) is 0.100. The van der Waals surface area contributed by atoms with Crippen molar-refractivity contribution in [3.8, 4) is 11.4 Å². The molecule has 0 unspecified atom stereocenters. The van der Waals surface area contributed by atoms with E-state index in [1.54, 1.807) is 12.3 Å². The number of hydrogen-bond acceptors (Lipinski definition) is 5. The van der Waals surface area contributed by atoms with Crippen molar-refractivity contribution in [2.45, 2.75) is 6.92 Å². The number of tetrazole rings is 1. The van der Waals surface area contributed by atoms with Crippen LogP contribution in [0.3, 0.4) is 0 Å². The number of aromatic amines is 1. The molecule has 86 valence electrons. The molecule has 1 N–H and O–H groups in total. The van der Waals surface area contributed by atoms with Gasteiger partial charge in [0.15, 0.2) is 5.82 Å². The molecule has 0 spiro atoms. The van der Waals surface area contributed by atoms with Gasteiger partial charge in [-0.3, -0.25) is 9.20 Å². The molecule has 3 aromatic heterocycles. The Kier molecular flexibility index (Phi) is 3.55. The molecule has 18 heavy (non-hydrogen) atoms. The van der Waals surface area contributed by atoms with Crippen molar-refractivity contribution in [1.82, 2.24) is 30.0 Å². The first-order valence-electron chi connectivity index (χ1n) is 4.98. The minimum absolute atomic E-state index is 0. The molecule has 0 saturated carbocycles. The van der Waals surface area contributed by atoms with Crippen LogP contribution in [0, 0.1) is 6.92 Å². The third kappa shape index (κ3) is 1.96. The van der Waals surface area contributed by atoms with E-state index in [9.17, 15) is 4.79 Å². The number of nitrogens with zero attached hydrogens (tertiary/aromatic N) is 5. The number of rotatable bonds is 1. The fourth-order valence-electron chi connectivity index (χ4n) is 1.68. The van der Waals surface area contributed by atoms with Gasteiger partial charge in [0.25, 0.3) is 5.56 Å². The van der Waals surface area contributed by atoms with E-state index in [0.29, 0.717) is 17.0 Å². The predicted octanol–water partition coefficient (Wildman–Crippen LogP) is -0.465. The summed E-state index contributed by atoms with van der Waals surface area (Å²) in [5, 5.41) is 13.1. The van der Waals surface area contributed by atoms with Gasteiger partial charge in [0.2, 0.25) is 0 Å². The standard InChI is InChI=1S/C10H8N6O.Na.H/c1-6-3-2-4-16-9(6)11-5-7(10(16)17)8-12-14-15-13-8;;/h2-5H,1H3,(H,12,13,14,15);;. The molecule has 0 saturated heterocycles. The summed E-state index contributed by atoms with van der Waals surface area (Å²) >= 11 is 0. The van der Waals surface area contributed by atoms with Crippen LogP contribution in [0.4, 0.5) is 0 Å². The van der Waals surface area contributed by atoms with Crippen LogP contribution in [-0.4, -0.2) is 59.6 Å². The van der Waals surface area contributed by atoms with Crippen molar-refractivity contribution < 1.29 is 0 Å². The molecule has 0 aliphatic carbocycles. The van der Waals surface area contributed by atoms with Crippen molar-refractivity contribution in [2.24, 2.45) is 0 Å². The van der Waals surface area contributed by atoms with E-state index in [2.05, 4.69) is 25.6 Å². The summed E-state index contributed by atoms with van der Waals surface area (Å²) < 4.78 is 1.48. The summed E-state index contributed by atoms with van der Waals surface area (Å²) in [6, 6.07) is 3.70. The second-order valence-electron chi connectivity index (χ2n) is 3.61. The average Bonchev–Trinajstić information content (AvgIpc) is 2.84. The Morgan fingerprint density at radius 3 is 2.94 bits per heavy atom. The van der Waals surface area contributed by atoms with Crippen molar-refractivity contribution >= 4 is 35.2 Å². The SMILES string of the molecule is Cc1cccn2c(=O)c(-c3nnn[nH]3)cnc12.[NaH]. The number of H-pyrrole nitrogens is 1. The van der Waals surface area contributed by atoms with Crippen LogP contribution >= 0.6 is 0 Å². The number of aryl methyl sites for hydroxylation is 1. The van der Waals surface area contributed by atoms with E-state index < -0.39 is 0 Å². The molecule has 0 aliphatic heterocycles. The summed E-state index contributed by atoms with van der Waals surface area (Å²) in [5.41, 5.74) is 1.72. The van der Waals surface area contributed by atoms with Crippen LogP contribution < -0.4 is 5.56 Å². The molecule has 3 aromatic rings. The molecule has 0 fully saturated rings. The molecule has 0 bridgehead atoms. The van der Waals surface area contributed by atoms with Crippen LogP contribution in [0.1, 0.15) is 5.56 Å². The van der Waals surface area contributed by atoms with E-state index >= 15 is 0 Å². The molecule has 3 heterocycles. The van der Waals surface area contributed by atoms with Crippen LogP contribution in [0.2, 0.25) is 0 Å². The van der Waals surface area contributed by atoms with Gasteiger partial charge in [0.1, 0.15) is 11.2 Å². The van der Waals surface area contributed by atoms with Gasteiger partial charge < -0.3 is 0 Å². The van der Waals surface area contributed by atoms with E-state index in [0.717, 1.165) is 5.56 Å². The summed E-state index contributed by atoms with van der Waals surface area (Å²) in [6.45, 7) is 1.90. The van der Waals surface area contributed by atoms with E-state index in [-0.39, 0.29) is 35.1 Å². The number of nitrogens with one attached hydrogen (secondary N) is 1. The third-order valence-electron chi connectivity index (χ3n) is 2.53. The molecule has 7 nitrogen and oxygen atoms in total. The third-order valence-corrected chi connectivity index (χ3v) is 2.53. The molecule has 0 amide bonds. The van der Waals surface area contributed by atoms with Crippen LogP contribution in [-0.2, 0) is 0 Å². The second kappa shape index (κ2) is 4.97. The Morgan fingerprint density at radius 1 is 1.39 bits per heavy atom. The zero-order valence-electron chi connectivity index (χ0n) is 8.95. The molecule has 0 aliphatic rings. The van der Waals surface area contributed by atoms with Crippen LogP contribution in [0.15, 0.2) is 29.3 Å². The minimum atomic E-state index is -0.197. The Balaban J connectivity index is 0.00000120. The molecule has 8 heteroatoms. The molecular weight excluding hydrogens is 243 g/mol. The van der Waals surface area contributed by atoms with Gasteiger partial charge >= 0.3 is 29.6 Å². The van der Waals surface area contributed by atoms with E-state index in [4.69, 9.17) is 0 Å². The summed E-state index contributed by atoms with van der Waals surface area (Å²) in [4.78, 5) is 16.4. The predicted molar refractivity (Wildman–Crippen MR) is 66.5 cm³/mol. The number of aromatic nitrogens is 6. The Bertz CT molecular complexity index is 736. The van der Waals surface area contributed by atoms with Gasteiger partial charge in [-0.2, -0.15) is 0 Å². The van der Waals surface area contributed by atoms with Gasteiger partial charge in [-0.05, 0) is 29.0 Å². The molecule has 0 aromatic carbocycles. The van der Waals surface area contributed by atoms with Gasteiger partial charge in [0.05, 0.1) is 0 Å². The first-order chi connectivity index (χ1) is 8.27.